The fraction of sp³-hybridized carbons (Fsp3) is 0.267. The van der Waals surface area contributed by atoms with Gasteiger partial charge in [-0.05, 0) is 37.6 Å². The number of aromatic nitrogens is 1. The van der Waals surface area contributed by atoms with Gasteiger partial charge in [0, 0.05) is 23.0 Å². The highest BCUT2D eigenvalue weighted by Crippen LogP contribution is 2.24. The molecular formula is C15H17ClN2O. The van der Waals surface area contributed by atoms with Crippen LogP contribution in [0, 0.1) is 0 Å². The van der Waals surface area contributed by atoms with Crippen LogP contribution in [0.25, 0.3) is 0 Å². The van der Waals surface area contributed by atoms with Crippen LogP contribution in [-0.2, 0) is 4.79 Å². The number of amides is 1. The molecule has 1 amide bonds. The highest BCUT2D eigenvalue weighted by atomic mass is 35.5. The van der Waals surface area contributed by atoms with E-state index >= 15 is 0 Å². The monoisotopic (exact) mass is 276 g/mol. The molecule has 4 heteroatoms. The molecule has 0 aliphatic rings. The summed E-state index contributed by atoms with van der Waals surface area (Å²) in [5, 5.41) is 2.86. The van der Waals surface area contributed by atoms with Crippen molar-refractivity contribution < 1.29 is 4.79 Å². The number of hydrogen-bond donors (Lipinski definition) is 2. The SMILES string of the molecule is CC(Cl)CC(C(=O)Nc1ccccc1)c1ccc[nH]1. The maximum atomic E-state index is 12.4. The maximum absolute atomic E-state index is 12.4. The first-order chi connectivity index (χ1) is 9.16. The molecule has 3 nitrogen and oxygen atoms in total. The van der Waals surface area contributed by atoms with E-state index in [9.17, 15) is 4.79 Å². The largest absolute Gasteiger partial charge is 0.364 e. The van der Waals surface area contributed by atoms with Crippen LogP contribution in [0.5, 0.6) is 0 Å². The smallest absolute Gasteiger partial charge is 0.233 e. The topological polar surface area (TPSA) is 44.9 Å². The zero-order valence-corrected chi connectivity index (χ0v) is 11.5. The molecular weight excluding hydrogens is 260 g/mol. The number of para-hydroxylation sites is 1. The van der Waals surface area contributed by atoms with E-state index in [1.807, 2.05) is 55.6 Å². The number of halogens is 1. The van der Waals surface area contributed by atoms with Crippen LogP contribution in [0.1, 0.15) is 25.0 Å². The molecule has 1 heterocycles. The van der Waals surface area contributed by atoms with Gasteiger partial charge in [-0.1, -0.05) is 18.2 Å². The number of benzene rings is 1. The Morgan fingerprint density at radius 1 is 1.26 bits per heavy atom. The molecule has 0 spiro atoms. The second-order valence-electron chi connectivity index (χ2n) is 4.55. The van der Waals surface area contributed by atoms with Crippen molar-refractivity contribution in [3.8, 4) is 0 Å². The summed E-state index contributed by atoms with van der Waals surface area (Å²) in [5.74, 6) is -0.302. The van der Waals surface area contributed by atoms with Gasteiger partial charge in [-0.25, -0.2) is 0 Å². The van der Waals surface area contributed by atoms with Crippen molar-refractivity contribution in [2.75, 3.05) is 5.32 Å². The number of H-pyrrole nitrogens is 1. The van der Waals surface area contributed by atoms with E-state index in [1.54, 1.807) is 0 Å². The Bertz CT molecular complexity index is 508. The van der Waals surface area contributed by atoms with Gasteiger partial charge in [0.1, 0.15) is 0 Å². The summed E-state index contributed by atoms with van der Waals surface area (Å²) in [6.07, 6.45) is 2.41. The number of nitrogens with one attached hydrogen (secondary N) is 2. The Balaban J connectivity index is 2.12. The molecule has 2 N–H and O–H groups in total. The van der Waals surface area contributed by atoms with Crippen molar-refractivity contribution in [3.05, 3.63) is 54.4 Å². The van der Waals surface area contributed by atoms with Crippen molar-refractivity contribution in [1.29, 1.82) is 0 Å². The predicted molar refractivity (Wildman–Crippen MR) is 78.5 cm³/mol. The quantitative estimate of drug-likeness (QED) is 0.803. The molecule has 2 rings (SSSR count). The number of aromatic amines is 1. The second kappa shape index (κ2) is 6.43. The zero-order valence-electron chi connectivity index (χ0n) is 10.8. The molecule has 0 aliphatic heterocycles. The minimum atomic E-state index is -0.261. The van der Waals surface area contributed by atoms with E-state index < -0.39 is 0 Å². The molecule has 19 heavy (non-hydrogen) atoms. The van der Waals surface area contributed by atoms with Crippen molar-refractivity contribution in [1.82, 2.24) is 4.98 Å². The molecule has 1 aromatic carbocycles. The summed E-state index contributed by atoms with van der Waals surface area (Å²) in [6, 6.07) is 13.2. The van der Waals surface area contributed by atoms with E-state index in [4.69, 9.17) is 11.6 Å². The summed E-state index contributed by atoms with van der Waals surface area (Å²) in [4.78, 5) is 15.4. The second-order valence-corrected chi connectivity index (χ2v) is 5.29. The van der Waals surface area contributed by atoms with Crippen LogP contribution < -0.4 is 5.32 Å². The molecule has 1 aromatic heterocycles. The lowest BCUT2D eigenvalue weighted by Gasteiger charge is -2.17. The van der Waals surface area contributed by atoms with Crippen LogP contribution in [0.2, 0.25) is 0 Å². The molecule has 2 aromatic rings. The zero-order chi connectivity index (χ0) is 13.7. The van der Waals surface area contributed by atoms with Gasteiger partial charge in [-0.15, -0.1) is 11.6 Å². The fourth-order valence-electron chi connectivity index (χ4n) is 2.01. The third-order valence-electron chi connectivity index (χ3n) is 2.92. The standard InChI is InChI=1S/C15H17ClN2O/c1-11(16)10-13(14-8-5-9-17-14)15(19)18-12-6-3-2-4-7-12/h2-9,11,13,17H,10H2,1H3,(H,18,19). The number of carbonyl (C=O) groups excluding carboxylic acids is 1. The molecule has 0 saturated carbocycles. The van der Waals surface area contributed by atoms with Gasteiger partial charge in [0.05, 0.1) is 5.92 Å². The van der Waals surface area contributed by atoms with Gasteiger partial charge < -0.3 is 10.3 Å². The average Bonchev–Trinajstić information content (AvgIpc) is 2.90. The lowest BCUT2D eigenvalue weighted by molar-refractivity contribution is -0.117. The highest BCUT2D eigenvalue weighted by molar-refractivity contribution is 6.20. The van der Waals surface area contributed by atoms with Gasteiger partial charge in [0.2, 0.25) is 5.91 Å². The van der Waals surface area contributed by atoms with Crippen LogP contribution in [0.15, 0.2) is 48.7 Å². The van der Waals surface area contributed by atoms with Gasteiger partial charge in [0.15, 0.2) is 0 Å². The molecule has 100 valence electrons. The molecule has 2 atom stereocenters. The normalized spacial score (nSPS) is 13.8. The van der Waals surface area contributed by atoms with E-state index in [0.29, 0.717) is 6.42 Å². The minimum Gasteiger partial charge on any atom is -0.364 e. The van der Waals surface area contributed by atoms with Crippen molar-refractivity contribution >= 4 is 23.2 Å². The molecule has 0 bridgehead atoms. The molecule has 0 radical (unpaired) electrons. The first-order valence-corrected chi connectivity index (χ1v) is 6.73. The first kappa shape index (κ1) is 13.7. The number of hydrogen-bond acceptors (Lipinski definition) is 1. The molecule has 2 unspecified atom stereocenters. The highest BCUT2D eigenvalue weighted by Gasteiger charge is 2.23. The van der Waals surface area contributed by atoms with Crippen LogP contribution >= 0.6 is 11.6 Å². The fourth-order valence-corrected chi connectivity index (χ4v) is 2.19. The Hall–Kier alpha value is -1.74. The van der Waals surface area contributed by atoms with Crippen molar-refractivity contribution in [2.45, 2.75) is 24.6 Å². The summed E-state index contributed by atoms with van der Waals surface area (Å²) in [7, 11) is 0. The molecule has 0 fully saturated rings. The van der Waals surface area contributed by atoms with Gasteiger partial charge in [0.25, 0.3) is 0 Å². The minimum absolute atomic E-state index is 0.0406. The Labute approximate surface area is 118 Å². The van der Waals surface area contributed by atoms with E-state index in [0.717, 1.165) is 11.4 Å². The van der Waals surface area contributed by atoms with E-state index in [1.165, 1.54) is 0 Å². The lowest BCUT2D eigenvalue weighted by Crippen LogP contribution is -2.23. The maximum Gasteiger partial charge on any atom is 0.233 e. The van der Waals surface area contributed by atoms with E-state index in [-0.39, 0.29) is 17.2 Å². The summed E-state index contributed by atoms with van der Waals surface area (Å²) in [5.41, 5.74) is 1.69. The molecule has 0 aliphatic carbocycles. The van der Waals surface area contributed by atoms with Crippen LogP contribution in [0.3, 0.4) is 0 Å². The lowest BCUT2D eigenvalue weighted by atomic mass is 9.98. The molecule has 0 saturated heterocycles. The Morgan fingerprint density at radius 2 is 2.00 bits per heavy atom. The number of rotatable bonds is 5. The Kier molecular flexibility index (Phi) is 4.63. The van der Waals surface area contributed by atoms with Gasteiger partial charge in [-0.2, -0.15) is 0 Å². The first-order valence-electron chi connectivity index (χ1n) is 6.30. The van der Waals surface area contributed by atoms with Crippen molar-refractivity contribution in [3.63, 3.8) is 0 Å². The van der Waals surface area contributed by atoms with Crippen molar-refractivity contribution in [2.24, 2.45) is 0 Å². The number of alkyl halides is 1. The van der Waals surface area contributed by atoms with Crippen LogP contribution in [0.4, 0.5) is 5.69 Å². The average molecular weight is 277 g/mol. The third-order valence-corrected chi connectivity index (χ3v) is 3.09. The number of anilines is 1. The van der Waals surface area contributed by atoms with E-state index in [2.05, 4.69) is 10.3 Å². The Morgan fingerprint density at radius 3 is 2.58 bits per heavy atom. The number of carbonyl (C=O) groups is 1. The third kappa shape index (κ3) is 3.86. The summed E-state index contributed by atoms with van der Waals surface area (Å²) in [6.45, 7) is 1.90. The van der Waals surface area contributed by atoms with Crippen LogP contribution in [-0.4, -0.2) is 16.3 Å². The summed E-state index contributed by atoms with van der Waals surface area (Å²) >= 11 is 6.04. The summed E-state index contributed by atoms with van der Waals surface area (Å²) < 4.78 is 0. The van der Waals surface area contributed by atoms with Gasteiger partial charge in [-0.3, -0.25) is 4.79 Å². The van der Waals surface area contributed by atoms with Gasteiger partial charge >= 0.3 is 0 Å². The predicted octanol–water partition coefficient (Wildman–Crippen LogP) is 3.75.